The van der Waals surface area contributed by atoms with Crippen molar-refractivity contribution in [2.45, 2.75) is 46.0 Å². The SMILES string of the molecule is CCNCC(CCCC(C)C)c1ccc(F)cc1. The molecule has 1 unspecified atom stereocenters. The van der Waals surface area contributed by atoms with Crippen molar-refractivity contribution in [3.8, 4) is 0 Å². The van der Waals surface area contributed by atoms with Gasteiger partial charge in [0.05, 0.1) is 0 Å². The largest absolute Gasteiger partial charge is 0.316 e. The highest BCUT2D eigenvalue weighted by atomic mass is 19.1. The minimum atomic E-state index is -0.150. The van der Waals surface area contributed by atoms with Gasteiger partial charge in [-0.3, -0.25) is 0 Å². The van der Waals surface area contributed by atoms with Gasteiger partial charge in [-0.2, -0.15) is 0 Å². The van der Waals surface area contributed by atoms with E-state index in [4.69, 9.17) is 0 Å². The highest BCUT2D eigenvalue weighted by molar-refractivity contribution is 5.20. The Morgan fingerprint density at radius 2 is 1.78 bits per heavy atom. The quantitative estimate of drug-likeness (QED) is 0.724. The lowest BCUT2D eigenvalue weighted by Gasteiger charge is -2.18. The zero-order chi connectivity index (χ0) is 13.4. The molecule has 0 aromatic heterocycles. The van der Waals surface area contributed by atoms with Crippen molar-refractivity contribution < 1.29 is 4.39 Å². The van der Waals surface area contributed by atoms with Crippen LogP contribution in [0.5, 0.6) is 0 Å². The van der Waals surface area contributed by atoms with E-state index < -0.39 is 0 Å². The zero-order valence-corrected chi connectivity index (χ0v) is 11.9. The molecular weight excluding hydrogens is 225 g/mol. The predicted molar refractivity (Wildman–Crippen MR) is 76.4 cm³/mol. The molecule has 0 heterocycles. The van der Waals surface area contributed by atoms with Gasteiger partial charge < -0.3 is 5.32 Å². The first-order valence-electron chi connectivity index (χ1n) is 7.09. The molecule has 0 bridgehead atoms. The van der Waals surface area contributed by atoms with Gasteiger partial charge in [-0.05, 0) is 42.5 Å². The third kappa shape index (κ3) is 5.63. The van der Waals surface area contributed by atoms with Crippen molar-refractivity contribution in [3.05, 3.63) is 35.6 Å². The molecule has 0 aliphatic carbocycles. The van der Waals surface area contributed by atoms with Gasteiger partial charge in [0.2, 0.25) is 0 Å². The Hall–Kier alpha value is -0.890. The van der Waals surface area contributed by atoms with Crippen LogP contribution in [0, 0.1) is 11.7 Å². The molecule has 0 aliphatic rings. The Labute approximate surface area is 111 Å². The molecule has 0 saturated carbocycles. The molecule has 1 rings (SSSR count). The normalized spacial score (nSPS) is 12.9. The zero-order valence-electron chi connectivity index (χ0n) is 11.9. The van der Waals surface area contributed by atoms with E-state index in [1.165, 1.54) is 24.8 Å². The molecule has 0 saturated heterocycles. The molecular formula is C16H26FN. The predicted octanol–water partition coefficient (Wildman–Crippen LogP) is 4.35. The van der Waals surface area contributed by atoms with Gasteiger partial charge in [0.1, 0.15) is 5.82 Å². The molecule has 1 N–H and O–H groups in total. The number of hydrogen-bond donors (Lipinski definition) is 1. The van der Waals surface area contributed by atoms with Crippen LogP contribution in [0.25, 0.3) is 0 Å². The summed E-state index contributed by atoms with van der Waals surface area (Å²) in [5.41, 5.74) is 1.25. The Kier molecular flexibility index (Phi) is 6.96. The lowest BCUT2D eigenvalue weighted by Crippen LogP contribution is -2.21. The molecule has 1 nitrogen and oxygen atoms in total. The van der Waals surface area contributed by atoms with Gasteiger partial charge in [0.25, 0.3) is 0 Å². The Morgan fingerprint density at radius 1 is 1.11 bits per heavy atom. The monoisotopic (exact) mass is 251 g/mol. The highest BCUT2D eigenvalue weighted by Crippen LogP contribution is 2.23. The van der Waals surface area contributed by atoms with Crippen LogP contribution >= 0.6 is 0 Å². The second kappa shape index (κ2) is 8.25. The number of hydrogen-bond acceptors (Lipinski definition) is 1. The Balaban J connectivity index is 2.56. The van der Waals surface area contributed by atoms with Crippen molar-refractivity contribution in [3.63, 3.8) is 0 Å². The average molecular weight is 251 g/mol. The molecule has 0 radical (unpaired) electrons. The van der Waals surface area contributed by atoms with Crippen LogP contribution < -0.4 is 5.32 Å². The summed E-state index contributed by atoms with van der Waals surface area (Å²) in [6, 6.07) is 6.98. The summed E-state index contributed by atoms with van der Waals surface area (Å²) in [5, 5.41) is 3.41. The van der Waals surface area contributed by atoms with E-state index >= 15 is 0 Å². The summed E-state index contributed by atoms with van der Waals surface area (Å²) in [5.74, 6) is 1.12. The van der Waals surface area contributed by atoms with Crippen molar-refractivity contribution in [1.82, 2.24) is 5.32 Å². The smallest absolute Gasteiger partial charge is 0.123 e. The number of benzene rings is 1. The van der Waals surface area contributed by atoms with Crippen LogP contribution in [0.4, 0.5) is 4.39 Å². The molecule has 0 spiro atoms. The van der Waals surface area contributed by atoms with E-state index in [-0.39, 0.29) is 5.82 Å². The minimum Gasteiger partial charge on any atom is -0.316 e. The van der Waals surface area contributed by atoms with Gasteiger partial charge >= 0.3 is 0 Å². The van der Waals surface area contributed by atoms with Crippen LogP contribution in [0.1, 0.15) is 51.5 Å². The standard InChI is InChI=1S/C16H26FN/c1-4-18-12-15(7-5-6-13(2)3)14-8-10-16(17)11-9-14/h8-11,13,15,18H,4-7,12H2,1-3H3. The van der Waals surface area contributed by atoms with E-state index in [1.807, 2.05) is 12.1 Å². The van der Waals surface area contributed by atoms with E-state index in [0.29, 0.717) is 5.92 Å². The summed E-state index contributed by atoms with van der Waals surface area (Å²) in [7, 11) is 0. The first kappa shape index (κ1) is 15.2. The van der Waals surface area contributed by atoms with Crippen LogP contribution in [-0.4, -0.2) is 13.1 Å². The van der Waals surface area contributed by atoms with Crippen LogP contribution in [0.15, 0.2) is 24.3 Å². The molecule has 2 heteroatoms. The average Bonchev–Trinajstić information content (AvgIpc) is 2.34. The van der Waals surface area contributed by atoms with Crippen molar-refractivity contribution in [2.75, 3.05) is 13.1 Å². The summed E-state index contributed by atoms with van der Waals surface area (Å²) in [6.07, 6.45) is 3.69. The third-order valence-corrected chi connectivity index (χ3v) is 3.32. The molecule has 0 fully saturated rings. The molecule has 1 aromatic rings. The molecule has 102 valence electrons. The van der Waals surface area contributed by atoms with Crippen LogP contribution in [0.3, 0.4) is 0 Å². The van der Waals surface area contributed by atoms with E-state index in [9.17, 15) is 4.39 Å². The Morgan fingerprint density at radius 3 is 2.33 bits per heavy atom. The first-order valence-corrected chi connectivity index (χ1v) is 7.09. The van der Waals surface area contributed by atoms with Gasteiger partial charge in [-0.15, -0.1) is 0 Å². The maximum absolute atomic E-state index is 12.9. The van der Waals surface area contributed by atoms with Gasteiger partial charge in [0.15, 0.2) is 0 Å². The molecule has 1 atom stereocenters. The fourth-order valence-electron chi connectivity index (χ4n) is 2.21. The van der Waals surface area contributed by atoms with Crippen molar-refractivity contribution >= 4 is 0 Å². The van der Waals surface area contributed by atoms with E-state index in [2.05, 4.69) is 26.1 Å². The Bertz CT molecular complexity index is 318. The van der Waals surface area contributed by atoms with E-state index in [1.54, 1.807) is 12.1 Å². The highest BCUT2D eigenvalue weighted by Gasteiger charge is 2.11. The summed E-state index contributed by atoms with van der Waals surface area (Å²) in [4.78, 5) is 0. The third-order valence-electron chi connectivity index (χ3n) is 3.32. The second-order valence-corrected chi connectivity index (χ2v) is 5.38. The fourth-order valence-corrected chi connectivity index (χ4v) is 2.21. The van der Waals surface area contributed by atoms with Gasteiger partial charge in [0, 0.05) is 6.54 Å². The fraction of sp³-hybridized carbons (Fsp3) is 0.625. The molecule has 18 heavy (non-hydrogen) atoms. The number of likely N-dealkylation sites (N-methyl/N-ethyl adjacent to an activating group) is 1. The van der Waals surface area contributed by atoms with Crippen molar-refractivity contribution in [1.29, 1.82) is 0 Å². The summed E-state index contributed by atoms with van der Waals surface area (Å²) >= 11 is 0. The van der Waals surface area contributed by atoms with Crippen LogP contribution in [0.2, 0.25) is 0 Å². The summed E-state index contributed by atoms with van der Waals surface area (Å²) in [6.45, 7) is 8.62. The number of halogens is 1. The maximum Gasteiger partial charge on any atom is 0.123 e. The number of nitrogens with one attached hydrogen (secondary N) is 1. The maximum atomic E-state index is 12.9. The summed E-state index contributed by atoms with van der Waals surface area (Å²) < 4.78 is 12.9. The molecule has 0 amide bonds. The van der Waals surface area contributed by atoms with E-state index in [0.717, 1.165) is 19.0 Å². The minimum absolute atomic E-state index is 0.150. The van der Waals surface area contributed by atoms with Gasteiger partial charge in [-0.25, -0.2) is 4.39 Å². The molecule has 1 aromatic carbocycles. The topological polar surface area (TPSA) is 12.0 Å². The lowest BCUT2D eigenvalue weighted by atomic mass is 9.92. The van der Waals surface area contributed by atoms with Crippen LogP contribution in [-0.2, 0) is 0 Å². The lowest BCUT2D eigenvalue weighted by molar-refractivity contribution is 0.483. The second-order valence-electron chi connectivity index (χ2n) is 5.38. The molecule has 0 aliphatic heterocycles. The van der Waals surface area contributed by atoms with Gasteiger partial charge in [-0.1, -0.05) is 45.7 Å². The van der Waals surface area contributed by atoms with Crippen molar-refractivity contribution in [2.24, 2.45) is 5.92 Å². The first-order chi connectivity index (χ1) is 8.63. The number of rotatable bonds is 8.